The molecule has 0 aliphatic heterocycles. The van der Waals surface area contributed by atoms with Crippen molar-refractivity contribution >= 4 is 33.1 Å². The SMILES string of the molecule is CCN(CC)CC.Cc1csc2c1c(O)c(C(=O)N(C)c1cccnc1)c(=O)n2C. The molecule has 0 aliphatic carbocycles. The molecule has 0 aliphatic rings. The summed E-state index contributed by atoms with van der Waals surface area (Å²) in [6.45, 7) is 12.0. The standard InChI is InChI=1S/C16H15N3O3S.C6H15N/c1-9-8-23-16-11(9)13(20)12(15(22)19(16)3)14(21)18(2)10-5-4-6-17-7-10;1-4-7(5-2)6-3/h4-8,20H,1-3H3;4-6H2,1-3H3. The van der Waals surface area contributed by atoms with Crippen molar-refractivity contribution in [3.05, 3.63) is 51.4 Å². The van der Waals surface area contributed by atoms with Gasteiger partial charge in [0.15, 0.2) is 0 Å². The predicted octanol–water partition coefficient (Wildman–Crippen LogP) is 3.63. The number of hydrogen-bond donors (Lipinski definition) is 1. The molecule has 0 saturated carbocycles. The number of rotatable bonds is 5. The number of aromatic nitrogens is 2. The van der Waals surface area contributed by atoms with Crippen LogP contribution >= 0.6 is 11.3 Å². The van der Waals surface area contributed by atoms with Gasteiger partial charge >= 0.3 is 0 Å². The number of thiophene rings is 1. The van der Waals surface area contributed by atoms with E-state index < -0.39 is 11.5 Å². The number of carbonyl (C=O) groups is 1. The highest BCUT2D eigenvalue weighted by atomic mass is 32.1. The van der Waals surface area contributed by atoms with Crippen molar-refractivity contribution in [2.75, 3.05) is 31.6 Å². The molecule has 7 nitrogen and oxygen atoms in total. The molecule has 162 valence electrons. The Morgan fingerprint density at radius 3 is 2.37 bits per heavy atom. The molecule has 3 aromatic rings. The van der Waals surface area contributed by atoms with Gasteiger partial charge in [0.05, 0.1) is 17.3 Å². The van der Waals surface area contributed by atoms with Gasteiger partial charge in [0.2, 0.25) is 0 Å². The average Bonchev–Trinajstić information content (AvgIpc) is 3.16. The number of pyridine rings is 2. The maximum atomic E-state index is 12.7. The molecule has 0 fully saturated rings. The smallest absolute Gasteiger partial charge is 0.268 e. The highest BCUT2D eigenvalue weighted by Crippen LogP contribution is 2.34. The van der Waals surface area contributed by atoms with Gasteiger partial charge in [-0.25, -0.2) is 0 Å². The minimum atomic E-state index is -0.566. The largest absolute Gasteiger partial charge is 0.506 e. The zero-order valence-corrected chi connectivity index (χ0v) is 19.3. The number of hydrogen-bond acceptors (Lipinski definition) is 6. The van der Waals surface area contributed by atoms with Gasteiger partial charge in [-0.05, 0) is 49.6 Å². The van der Waals surface area contributed by atoms with Gasteiger partial charge in [-0.15, -0.1) is 11.3 Å². The van der Waals surface area contributed by atoms with Crippen LogP contribution in [0.15, 0.2) is 34.7 Å². The Bertz CT molecular complexity index is 1050. The van der Waals surface area contributed by atoms with Gasteiger partial charge in [0.25, 0.3) is 11.5 Å². The highest BCUT2D eigenvalue weighted by Gasteiger charge is 2.26. The maximum Gasteiger partial charge on any atom is 0.268 e. The van der Waals surface area contributed by atoms with Crippen LogP contribution in [-0.2, 0) is 7.05 Å². The summed E-state index contributed by atoms with van der Waals surface area (Å²) < 4.78 is 1.40. The summed E-state index contributed by atoms with van der Waals surface area (Å²) in [5.74, 6) is -0.828. The van der Waals surface area contributed by atoms with Crippen molar-refractivity contribution in [2.24, 2.45) is 7.05 Å². The lowest BCUT2D eigenvalue weighted by atomic mass is 10.1. The first-order valence-electron chi connectivity index (χ1n) is 9.98. The first-order chi connectivity index (χ1) is 14.3. The second-order valence-electron chi connectivity index (χ2n) is 6.88. The van der Waals surface area contributed by atoms with E-state index in [9.17, 15) is 14.7 Å². The van der Waals surface area contributed by atoms with Crippen LogP contribution in [0, 0.1) is 6.92 Å². The Balaban J connectivity index is 0.000000396. The van der Waals surface area contributed by atoms with Crippen LogP contribution in [-0.4, -0.2) is 52.1 Å². The molecule has 3 rings (SSSR count). The number of fused-ring (bicyclic) bond motifs is 1. The number of anilines is 1. The Morgan fingerprint density at radius 2 is 1.87 bits per heavy atom. The topological polar surface area (TPSA) is 78.7 Å². The van der Waals surface area contributed by atoms with Crippen LogP contribution in [0.25, 0.3) is 10.2 Å². The first-order valence-corrected chi connectivity index (χ1v) is 10.9. The van der Waals surface area contributed by atoms with Crippen LogP contribution in [0.2, 0.25) is 0 Å². The minimum absolute atomic E-state index is 0.229. The highest BCUT2D eigenvalue weighted by molar-refractivity contribution is 7.17. The lowest BCUT2D eigenvalue weighted by molar-refractivity contribution is 0.0988. The molecule has 0 aromatic carbocycles. The van der Waals surface area contributed by atoms with Gasteiger partial charge in [0.1, 0.15) is 16.1 Å². The summed E-state index contributed by atoms with van der Waals surface area (Å²) in [6, 6.07) is 3.41. The van der Waals surface area contributed by atoms with Gasteiger partial charge in [-0.1, -0.05) is 20.8 Å². The van der Waals surface area contributed by atoms with Crippen LogP contribution in [0.3, 0.4) is 0 Å². The molecule has 0 radical (unpaired) electrons. The molecule has 30 heavy (non-hydrogen) atoms. The summed E-state index contributed by atoms with van der Waals surface area (Å²) in [7, 11) is 3.14. The molecule has 1 amide bonds. The van der Waals surface area contributed by atoms with Crippen molar-refractivity contribution in [3.63, 3.8) is 0 Å². The fraction of sp³-hybridized carbons (Fsp3) is 0.409. The van der Waals surface area contributed by atoms with Gasteiger partial charge in [-0.2, -0.15) is 0 Å². The molecular weight excluding hydrogens is 400 g/mol. The minimum Gasteiger partial charge on any atom is -0.506 e. The molecule has 0 bridgehead atoms. The normalized spacial score (nSPS) is 10.8. The van der Waals surface area contributed by atoms with Crippen LogP contribution < -0.4 is 10.5 Å². The Morgan fingerprint density at radius 1 is 1.23 bits per heavy atom. The molecule has 8 heteroatoms. The number of carbonyl (C=O) groups excluding carboxylic acids is 1. The van der Waals surface area contributed by atoms with Gasteiger partial charge in [-0.3, -0.25) is 14.6 Å². The second kappa shape index (κ2) is 10.4. The van der Waals surface area contributed by atoms with E-state index in [1.54, 1.807) is 32.4 Å². The average molecular weight is 431 g/mol. The van der Waals surface area contributed by atoms with Gasteiger partial charge < -0.3 is 19.5 Å². The molecular formula is C22H30N4O3S. The summed E-state index contributed by atoms with van der Waals surface area (Å²) in [5.41, 5.74) is 0.628. The zero-order chi connectivity index (χ0) is 22.4. The monoisotopic (exact) mass is 430 g/mol. The van der Waals surface area contributed by atoms with E-state index in [0.717, 1.165) is 5.56 Å². The van der Waals surface area contributed by atoms with E-state index in [1.807, 2.05) is 12.3 Å². The third-order valence-electron chi connectivity index (χ3n) is 5.15. The summed E-state index contributed by atoms with van der Waals surface area (Å²) >= 11 is 1.36. The predicted molar refractivity (Wildman–Crippen MR) is 124 cm³/mol. The molecule has 3 aromatic heterocycles. The number of aromatic hydroxyl groups is 1. The van der Waals surface area contributed by atoms with Crippen molar-refractivity contribution in [3.8, 4) is 5.75 Å². The Labute approximate surface area is 181 Å². The molecule has 0 atom stereocenters. The Kier molecular flexibility index (Phi) is 8.14. The van der Waals surface area contributed by atoms with Crippen molar-refractivity contribution < 1.29 is 9.90 Å². The van der Waals surface area contributed by atoms with Crippen molar-refractivity contribution in [2.45, 2.75) is 27.7 Å². The lowest BCUT2D eigenvalue weighted by Crippen LogP contribution is -2.34. The first kappa shape index (κ1) is 23.6. The van der Waals surface area contributed by atoms with E-state index in [-0.39, 0.29) is 11.3 Å². The quantitative estimate of drug-likeness (QED) is 0.669. The summed E-state index contributed by atoms with van der Waals surface area (Å²) in [6.07, 6.45) is 3.12. The van der Waals surface area contributed by atoms with Crippen molar-refractivity contribution in [1.29, 1.82) is 0 Å². The van der Waals surface area contributed by atoms with E-state index in [2.05, 4.69) is 30.7 Å². The number of amides is 1. The summed E-state index contributed by atoms with van der Waals surface area (Å²) in [5, 5.41) is 12.9. The molecule has 0 spiro atoms. The second-order valence-corrected chi connectivity index (χ2v) is 7.74. The fourth-order valence-corrected chi connectivity index (χ4v) is 4.18. The zero-order valence-electron chi connectivity index (χ0n) is 18.5. The third-order valence-corrected chi connectivity index (χ3v) is 6.32. The molecule has 3 heterocycles. The van der Waals surface area contributed by atoms with Crippen LogP contribution in [0.1, 0.15) is 36.7 Å². The van der Waals surface area contributed by atoms with Crippen LogP contribution in [0.4, 0.5) is 5.69 Å². The Hall–Kier alpha value is -2.71. The molecule has 1 N–H and O–H groups in total. The lowest BCUT2D eigenvalue weighted by Gasteiger charge is -2.18. The molecule has 0 saturated heterocycles. The van der Waals surface area contributed by atoms with E-state index in [0.29, 0.717) is 15.9 Å². The van der Waals surface area contributed by atoms with E-state index in [4.69, 9.17) is 0 Å². The van der Waals surface area contributed by atoms with E-state index in [1.165, 1.54) is 46.6 Å². The van der Waals surface area contributed by atoms with Crippen molar-refractivity contribution in [1.82, 2.24) is 14.5 Å². The van der Waals surface area contributed by atoms with E-state index >= 15 is 0 Å². The maximum absolute atomic E-state index is 12.7. The number of nitrogens with zero attached hydrogens (tertiary/aromatic N) is 4. The molecule has 0 unspecified atom stereocenters. The summed E-state index contributed by atoms with van der Waals surface area (Å²) in [4.78, 5) is 33.6. The van der Waals surface area contributed by atoms with Crippen LogP contribution in [0.5, 0.6) is 5.75 Å². The van der Waals surface area contributed by atoms with Gasteiger partial charge in [0, 0.05) is 20.3 Å². The third kappa shape index (κ3) is 4.71. The fourth-order valence-electron chi connectivity index (χ4n) is 3.15. The number of aryl methyl sites for hydroxylation is 2.